The van der Waals surface area contributed by atoms with E-state index in [-0.39, 0.29) is 24.0 Å². The highest BCUT2D eigenvalue weighted by Gasteiger charge is 2.42. The zero-order valence-corrected chi connectivity index (χ0v) is 22.0. The van der Waals surface area contributed by atoms with Crippen molar-refractivity contribution in [2.24, 2.45) is 0 Å². The first-order valence-corrected chi connectivity index (χ1v) is 13.0. The number of piperidine rings is 1. The van der Waals surface area contributed by atoms with Gasteiger partial charge in [-0.2, -0.15) is 0 Å². The Kier molecular flexibility index (Phi) is 7.09. The number of nitrogens with one attached hydrogen (secondary N) is 2. The number of rotatable bonds is 7. The molecule has 2 aromatic rings. The van der Waals surface area contributed by atoms with Crippen LogP contribution >= 0.6 is 0 Å². The molecule has 2 N–H and O–H groups in total. The lowest BCUT2D eigenvalue weighted by Crippen LogP contribution is -2.50. The minimum Gasteiger partial charge on any atom is -0.496 e. The lowest BCUT2D eigenvalue weighted by molar-refractivity contribution is -0.137. The van der Waals surface area contributed by atoms with Crippen LogP contribution in [-0.2, 0) is 9.47 Å². The summed E-state index contributed by atoms with van der Waals surface area (Å²) >= 11 is 0. The van der Waals surface area contributed by atoms with E-state index < -0.39 is 5.79 Å². The van der Waals surface area contributed by atoms with Gasteiger partial charge in [0, 0.05) is 42.0 Å². The second-order valence-electron chi connectivity index (χ2n) is 10.6. The number of pyridine rings is 1. The highest BCUT2D eigenvalue weighted by atomic mass is 16.7. The van der Waals surface area contributed by atoms with Gasteiger partial charge in [-0.25, -0.2) is 4.98 Å². The van der Waals surface area contributed by atoms with E-state index >= 15 is 0 Å². The van der Waals surface area contributed by atoms with Gasteiger partial charge in [0.2, 0.25) is 0 Å². The van der Waals surface area contributed by atoms with Crippen molar-refractivity contribution in [2.75, 3.05) is 25.2 Å². The molecule has 2 bridgehead atoms. The van der Waals surface area contributed by atoms with E-state index in [0.29, 0.717) is 36.4 Å². The molecule has 5 rings (SSSR count). The van der Waals surface area contributed by atoms with Crippen LogP contribution in [0.15, 0.2) is 36.5 Å². The number of amides is 2. The van der Waals surface area contributed by atoms with Gasteiger partial charge in [-0.1, -0.05) is 6.07 Å². The first-order valence-electron chi connectivity index (χ1n) is 13.0. The predicted octanol–water partition coefficient (Wildman–Crippen LogP) is 3.21. The van der Waals surface area contributed by atoms with E-state index in [9.17, 15) is 9.59 Å². The van der Waals surface area contributed by atoms with E-state index in [1.807, 2.05) is 51.1 Å². The first kappa shape index (κ1) is 25.5. The molecule has 4 heterocycles. The van der Waals surface area contributed by atoms with Gasteiger partial charge < -0.3 is 29.7 Å². The molecular weight excluding hydrogens is 472 g/mol. The molecule has 198 valence electrons. The minimum absolute atomic E-state index is 0.0547. The zero-order chi connectivity index (χ0) is 26.2. The van der Waals surface area contributed by atoms with E-state index in [4.69, 9.17) is 14.2 Å². The number of fused-ring (bicyclic) bond motifs is 2. The van der Waals surface area contributed by atoms with Crippen molar-refractivity contribution in [3.8, 4) is 5.75 Å². The maximum atomic E-state index is 13.0. The van der Waals surface area contributed by atoms with Gasteiger partial charge in [0.05, 0.1) is 19.3 Å². The predicted molar refractivity (Wildman–Crippen MR) is 139 cm³/mol. The van der Waals surface area contributed by atoms with Crippen molar-refractivity contribution < 1.29 is 23.8 Å². The van der Waals surface area contributed by atoms with Gasteiger partial charge in [-0.3, -0.25) is 9.59 Å². The molecule has 1 aromatic heterocycles. The molecule has 3 aliphatic heterocycles. The number of benzene rings is 1. The molecule has 0 aliphatic carbocycles. The Balaban J connectivity index is 1.17. The van der Waals surface area contributed by atoms with E-state index in [0.717, 1.165) is 42.8 Å². The fraction of sp³-hybridized carbons (Fsp3) is 0.536. The van der Waals surface area contributed by atoms with E-state index in [1.165, 1.54) is 0 Å². The Labute approximate surface area is 217 Å². The summed E-state index contributed by atoms with van der Waals surface area (Å²) in [5.74, 6) is 0.759. The van der Waals surface area contributed by atoms with Crippen molar-refractivity contribution in [3.63, 3.8) is 0 Å². The number of anilines is 1. The van der Waals surface area contributed by atoms with Crippen LogP contribution in [0.4, 0.5) is 5.82 Å². The number of carbonyl (C=O) groups is 2. The third-order valence-corrected chi connectivity index (χ3v) is 7.65. The number of aromatic nitrogens is 1. The summed E-state index contributed by atoms with van der Waals surface area (Å²) in [5, 5.41) is 6.16. The Hall–Kier alpha value is -3.17. The molecule has 0 radical (unpaired) electrons. The third kappa shape index (κ3) is 5.43. The van der Waals surface area contributed by atoms with Gasteiger partial charge in [0.1, 0.15) is 17.7 Å². The van der Waals surface area contributed by atoms with Gasteiger partial charge in [-0.15, -0.1) is 0 Å². The van der Waals surface area contributed by atoms with Crippen LogP contribution in [0.5, 0.6) is 5.75 Å². The van der Waals surface area contributed by atoms with Crippen molar-refractivity contribution in [1.82, 2.24) is 15.6 Å². The molecule has 2 amide bonds. The monoisotopic (exact) mass is 508 g/mol. The zero-order valence-electron chi connectivity index (χ0n) is 22.0. The molecule has 3 saturated heterocycles. The number of carbonyl (C=O) groups excluding carboxylic acids is 2. The van der Waals surface area contributed by atoms with Crippen molar-refractivity contribution in [2.45, 2.75) is 76.5 Å². The number of nitrogens with zero attached hydrogens (tertiary/aromatic N) is 2. The quantitative estimate of drug-likeness (QED) is 0.592. The highest BCUT2D eigenvalue weighted by molar-refractivity contribution is 5.96. The van der Waals surface area contributed by atoms with Crippen molar-refractivity contribution in [3.05, 3.63) is 53.2 Å². The topological polar surface area (TPSA) is 102 Å². The minimum atomic E-state index is -0.609. The summed E-state index contributed by atoms with van der Waals surface area (Å²) in [6.07, 6.45) is 5.36. The lowest BCUT2D eigenvalue weighted by atomic mass is 9.96. The Morgan fingerprint density at radius 2 is 1.89 bits per heavy atom. The van der Waals surface area contributed by atoms with Crippen molar-refractivity contribution in [1.29, 1.82) is 0 Å². The first-order chi connectivity index (χ1) is 17.7. The fourth-order valence-electron chi connectivity index (χ4n) is 5.86. The number of ether oxygens (including phenoxy) is 3. The second kappa shape index (κ2) is 10.3. The summed E-state index contributed by atoms with van der Waals surface area (Å²) in [6, 6.07) is 10.0. The van der Waals surface area contributed by atoms with Crippen LogP contribution in [0, 0.1) is 6.92 Å². The second-order valence-corrected chi connectivity index (χ2v) is 10.6. The summed E-state index contributed by atoms with van der Waals surface area (Å²) < 4.78 is 16.7. The number of methoxy groups -OCH3 is 1. The summed E-state index contributed by atoms with van der Waals surface area (Å²) in [6.45, 7) is 6.49. The molecule has 0 spiro atoms. The molecule has 9 nitrogen and oxygen atoms in total. The van der Waals surface area contributed by atoms with Crippen LogP contribution in [-0.4, -0.2) is 67.1 Å². The SMILES string of the molecule is COc1cccc(C(=O)N[C@H]2C[C@H]3CC[C@@H](C2)N3c2ccc(C(=O)NCC3COC(C)(C)O3)cn2)c1C. The molecular formula is C28H36N4O5. The van der Waals surface area contributed by atoms with Gasteiger partial charge in [-0.05, 0) is 70.7 Å². The summed E-state index contributed by atoms with van der Waals surface area (Å²) in [4.78, 5) is 32.6. The Morgan fingerprint density at radius 1 is 1.14 bits per heavy atom. The van der Waals surface area contributed by atoms with Gasteiger partial charge >= 0.3 is 0 Å². The molecule has 3 fully saturated rings. The lowest BCUT2D eigenvalue weighted by Gasteiger charge is -2.40. The third-order valence-electron chi connectivity index (χ3n) is 7.65. The number of hydrogen-bond donors (Lipinski definition) is 2. The standard InChI is InChI=1S/C28H36N4O5/c1-17-23(6-5-7-24(17)35-4)27(34)31-19-12-20-9-10-21(13-19)32(20)25-11-8-18(14-29-25)26(33)30-15-22-16-36-28(2,3)37-22/h5-8,11,14,19-22H,9-10,12-13,15-16H2,1-4H3,(H,30,33)(H,31,34)/t19-,20+,21-,22?. The highest BCUT2D eigenvalue weighted by Crippen LogP contribution is 2.38. The molecule has 9 heteroatoms. The Bertz CT molecular complexity index is 1140. The molecule has 3 aliphatic rings. The van der Waals surface area contributed by atoms with Crippen LogP contribution < -0.4 is 20.3 Å². The smallest absolute Gasteiger partial charge is 0.252 e. The summed E-state index contributed by atoms with van der Waals surface area (Å²) in [5.41, 5.74) is 2.02. The van der Waals surface area contributed by atoms with Crippen LogP contribution in [0.25, 0.3) is 0 Å². The van der Waals surface area contributed by atoms with Gasteiger partial charge in [0.15, 0.2) is 5.79 Å². The molecule has 0 saturated carbocycles. The average molecular weight is 509 g/mol. The summed E-state index contributed by atoms with van der Waals surface area (Å²) in [7, 11) is 1.62. The molecule has 1 unspecified atom stereocenters. The average Bonchev–Trinajstić information content (AvgIpc) is 3.37. The largest absolute Gasteiger partial charge is 0.496 e. The van der Waals surface area contributed by atoms with Crippen LogP contribution in [0.2, 0.25) is 0 Å². The van der Waals surface area contributed by atoms with E-state index in [1.54, 1.807) is 13.3 Å². The molecule has 4 atom stereocenters. The number of hydrogen-bond acceptors (Lipinski definition) is 7. The van der Waals surface area contributed by atoms with Gasteiger partial charge in [0.25, 0.3) is 11.8 Å². The Morgan fingerprint density at radius 3 is 2.51 bits per heavy atom. The van der Waals surface area contributed by atoms with Crippen molar-refractivity contribution >= 4 is 17.6 Å². The van der Waals surface area contributed by atoms with Crippen LogP contribution in [0.3, 0.4) is 0 Å². The normalized spacial score (nSPS) is 26.1. The van der Waals surface area contributed by atoms with Crippen LogP contribution in [0.1, 0.15) is 65.8 Å². The molecule has 37 heavy (non-hydrogen) atoms. The maximum absolute atomic E-state index is 13.0. The maximum Gasteiger partial charge on any atom is 0.252 e. The fourth-order valence-corrected chi connectivity index (χ4v) is 5.86. The van der Waals surface area contributed by atoms with E-state index in [2.05, 4.69) is 20.5 Å². The molecule has 1 aromatic carbocycles.